The van der Waals surface area contributed by atoms with Gasteiger partial charge in [0.1, 0.15) is 17.3 Å². The molecule has 1 atom stereocenters. The fourth-order valence-corrected chi connectivity index (χ4v) is 6.91. The van der Waals surface area contributed by atoms with Gasteiger partial charge >= 0.3 is 0 Å². The fraction of sp³-hybridized carbons (Fsp3) is 0.488. The van der Waals surface area contributed by atoms with Crippen LogP contribution in [0.1, 0.15) is 121 Å². The number of rotatable bonds is 17. The molecule has 8 nitrogen and oxygen atoms in total. The van der Waals surface area contributed by atoms with Crippen LogP contribution in [-0.4, -0.2) is 28.9 Å². The molecule has 0 radical (unpaired) electrons. The molecule has 0 aromatic heterocycles. The van der Waals surface area contributed by atoms with Crippen molar-refractivity contribution >= 4 is 57.9 Å². The van der Waals surface area contributed by atoms with Gasteiger partial charge in [0.2, 0.25) is 0 Å². The molecule has 3 aromatic carbocycles. The zero-order valence-corrected chi connectivity index (χ0v) is 32.5. The second kappa shape index (κ2) is 18.7. The van der Waals surface area contributed by atoms with Crippen molar-refractivity contribution in [2.75, 3.05) is 10.3 Å². The highest BCUT2D eigenvalue weighted by Crippen LogP contribution is 2.35. The summed E-state index contributed by atoms with van der Waals surface area (Å²) in [7, 11) is 0. The van der Waals surface area contributed by atoms with Gasteiger partial charge in [-0.3, -0.25) is 15.0 Å². The number of hydrazine groups is 1. The van der Waals surface area contributed by atoms with Crippen LogP contribution in [0.5, 0.6) is 11.5 Å². The van der Waals surface area contributed by atoms with Crippen LogP contribution >= 0.6 is 23.2 Å². The normalized spacial score (nSPS) is 14.5. The summed E-state index contributed by atoms with van der Waals surface area (Å²) in [4.78, 5) is 31.4. The Morgan fingerprint density at radius 3 is 2.25 bits per heavy atom. The number of anilines is 2. The number of unbranched alkanes of at least 4 members (excludes halogenated alkanes) is 9. The van der Waals surface area contributed by atoms with Gasteiger partial charge in [-0.15, -0.1) is 0 Å². The van der Waals surface area contributed by atoms with E-state index in [0.29, 0.717) is 45.1 Å². The lowest BCUT2D eigenvalue weighted by atomic mass is 9.86. The number of benzene rings is 3. The maximum atomic E-state index is 13.8. The van der Waals surface area contributed by atoms with E-state index in [0.717, 1.165) is 36.0 Å². The lowest BCUT2D eigenvalue weighted by Gasteiger charge is -2.23. The molecule has 3 aromatic rings. The molecule has 1 saturated heterocycles. The average Bonchev–Trinajstić information content (AvgIpc) is 3.41. The number of nitrogens with one attached hydrogen (secondary N) is 2. The highest BCUT2D eigenvalue weighted by Gasteiger charge is 2.30. The molecule has 10 heteroatoms. The summed E-state index contributed by atoms with van der Waals surface area (Å²) in [5.74, 6) is 0.643. The quantitative estimate of drug-likeness (QED) is 0.120. The Balaban J connectivity index is 1.46. The molecule has 1 heterocycles. The maximum Gasteiger partial charge on any atom is 0.265 e. The predicted molar refractivity (Wildman–Crippen MR) is 211 cm³/mol. The van der Waals surface area contributed by atoms with E-state index in [-0.39, 0.29) is 29.4 Å². The van der Waals surface area contributed by atoms with E-state index in [9.17, 15) is 14.7 Å². The first-order chi connectivity index (χ1) is 24.3. The van der Waals surface area contributed by atoms with E-state index in [1.807, 2.05) is 52.8 Å². The van der Waals surface area contributed by atoms with E-state index >= 15 is 0 Å². The van der Waals surface area contributed by atoms with Gasteiger partial charge in [0.05, 0.1) is 27.8 Å². The summed E-state index contributed by atoms with van der Waals surface area (Å²) >= 11 is 13.1. The number of amides is 2. The van der Waals surface area contributed by atoms with Crippen LogP contribution in [-0.2, 0) is 15.0 Å². The number of halogens is 2. The number of ether oxygens (including phenoxy) is 1. The number of hydrogen-bond donors (Lipinski definition) is 3. The smallest absolute Gasteiger partial charge is 0.265 e. The lowest BCUT2D eigenvalue weighted by molar-refractivity contribution is -0.123. The SMILES string of the molecule is CCCCCCCCCCCCC(Oc1ccc(O)c(C(C)(C)C)c1)C(=O)Nc1ccc(Cl)c(N=C2CC(=O)N(c3c(C)cc(C)cc3Cl)N2)c1. The van der Waals surface area contributed by atoms with Crippen molar-refractivity contribution in [1.29, 1.82) is 0 Å². The Kier molecular flexibility index (Phi) is 14.6. The molecule has 0 aliphatic carbocycles. The van der Waals surface area contributed by atoms with Gasteiger partial charge in [0, 0.05) is 11.3 Å². The number of nitrogens with zero attached hydrogens (tertiary/aromatic N) is 2. The molecule has 276 valence electrons. The van der Waals surface area contributed by atoms with Crippen molar-refractivity contribution in [1.82, 2.24) is 5.43 Å². The van der Waals surface area contributed by atoms with Crippen molar-refractivity contribution in [3.8, 4) is 11.5 Å². The standard InChI is InChI=1S/C41H54Cl2N4O4/c1-7-8-9-10-11-12-13-14-15-16-17-36(51-30-19-21-35(48)31(25-30)41(4,5)6)40(50)44-29-18-20-32(42)34(24-29)45-37-26-38(49)47(46-37)39-28(3)22-27(2)23-33(39)43/h18-25,36,48H,7-17,26H2,1-6H3,(H,44,50)(H,45,46). The first-order valence-corrected chi connectivity index (χ1v) is 19.1. The number of carbonyl (C=O) groups is 2. The molecular formula is C41H54Cl2N4O4. The molecule has 0 bridgehead atoms. The minimum atomic E-state index is -0.757. The zero-order chi connectivity index (χ0) is 37.1. The van der Waals surface area contributed by atoms with Crippen LogP contribution < -0.4 is 20.5 Å². The Morgan fingerprint density at radius 1 is 0.941 bits per heavy atom. The molecule has 1 aliphatic rings. The third-order valence-corrected chi connectivity index (χ3v) is 9.67. The highest BCUT2D eigenvalue weighted by molar-refractivity contribution is 6.35. The molecule has 3 N–H and O–H groups in total. The monoisotopic (exact) mass is 736 g/mol. The molecule has 0 saturated carbocycles. The fourth-order valence-electron chi connectivity index (χ4n) is 6.35. The third kappa shape index (κ3) is 11.6. The van der Waals surface area contributed by atoms with E-state index < -0.39 is 6.10 Å². The summed E-state index contributed by atoms with van der Waals surface area (Å²) in [6.45, 7) is 12.2. The first-order valence-electron chi connectivity index (χ1n) is 18.3. The summed E-state index contributed by atoms with van der Waals surface area (Å²) < 4.78 is 6.34. The van der Waals surface area contributed by atoms with Gasteiger partial charge in [0.15, 0.2) is 6.10 Å². The van der Waals surface area contributed by atoms with Gasteiger partial charge in [0.25, 0.3) is 11.8 Å². The van der Waals surface area contributed by atoms with Gasteiger partial charge in [-0.05, 0) is 85.7 Å². The second-order valence-electron chi connectivity index (χ2n) is 14.7. The topological polar surface area (TPSA) is 103 Å². The Labute approximate surface area is 313 Å². The number of aliphatic imine (C=N–C) groups is 1. The lowest BCUT2D eigenvalue weighted by Crippen LogP contribution is -2.36. The van der Waals surface area contributed by atoms with Crippen LogP contribution in [0.4, 0.5) is 17.1 Å². The average molecular weight is 738 g/mol. The minimum Gasteiger partial charge on any atom is -0.508 e. The molecular weight excluding hydrogens is 683 g/mol. The second-order valence-corrected chi connectivity index (χ2v) is 15.5. The van der Waals surface area contributed by atoms with Crippen LogP contribution in [0.2, 0.25) is 10.0 Å². The maximum absolute atomic E-state index is 13.8. The molecule has 1 unspecified atom stereocenters. The molecule has 51 heavy (non-hydrogen) atoms. The van der Waals surface area contributed by atoms with Crippen LogP contribution in [0.15, 0.2) is 53.5 Å². The first kappa shape index (κ1) is 40.0. The van der Waals surface area contributed by atoms with Crippen molar-refractivity contribution in [2.24, 2.45) is 4.99 Å². The number of phenols is 1. The van der Waals surface area contributed by atoms with Gasteiger partial charge in [-0.2, -0.15) is 0 Å². The number of phenolic OH excluding ortho intramolecular Hbond substituents is 1. The van der Waals surface area contributed by atoms with Crippen molar-refractivity contribution in [2.45, 2.75) is 130 Å². The van der Waals surface area contributed by atoms with Crippen LogP contribution in [0, 0.1) is 13.8 Å². The third-order valence-electron chi connectivity index (χ3n) is 9.07. The Bertz CT molecular complexity index is 1680. The van der Waals surface area contributed by atoms with E-state index in [1.54, 1.807) is 30.3 Å². The van der Waals surface area contributed by atoms with E-state index in [1.165, 1.54) is 50.0 Å². The molecule has 1 fully saturated rings. The van der Waals surface area contributed by atoms with Crippen molar-refractivity contribution < 1.29 is 19.4 Å². The number of carbonyl (C=O) groups excluding carboxylic acids is 2. The Hall–Kier alpha value is -3.75. The molecule has 4 rings (SSSR count). The van der Waals surface area contributed by atoms with Gasteiger partial charge in [-0.25, -0.2) is 10.0 Å². The minimum absolute atomic E-state index is 0.0362. The predicted octanol–water partition coefficient (Wildman–Crippen LogP) is 11.3. The van der Waals surface area contributed by atoms with E-state index in [2.05, 4.69) is 22.7 Å². The van der Waals surface area contributed by atoms with Gasteiger partial charge < -0.3 is 15.2 Å². The summed E-state index contributed by atoms with van der Waals surface area (Å²) in [5.41, 5.74) is 6.87. The highest BCUT2D eigenvalue weighted by atomic mass is 35.5. The van der Waals surface area contributed by atoms with Crippen molar-refractivity contribution in [3.05, 3.63) is 75.3 Å². The van der Waals surface area contributed by atoms with Crippen LogP contribution in [0.25, 0.3) is 0 Å². The van der Waals surface area contributed by atoms with Crippen molar-refractivity contribution in [3.63, 3.8) is 0 Å². The Morgan fingerprint density at radius 2 is 1.61 bits per heavy atom. The zero-order valence-electron chi connectivity index (χ0n) is 31.0. The molecule has 2 amide bonds. The van der Waals surface area contributed by atoms with E-state index in [4.69, 9.17) is 27.9 Å². The number of aryl methyl sites for hydroxylation is 2. The number of hydrogen-bond acceptors (Lipinski definition) is 5. The number of amidine groups is 1. The number of aromatic hydroxyl groups is 1. The molecule has 1 aliphatic heterocycles. The van der Waals surface area contributed by atoms with Crippen LogP contribution in [0.3, 0.4) is 0 Å². The largest absolute Gasteiger partial charge is 0.508 e. The van der Waals surface area contributed by atoms with Gasteiger partial charge in [-0.1, -0.05) is 115 Å². The summed E-state index contributed by atoms with van der Waals surface area (Å²) in [6.07, 6.45) is 11.7. The summed E-state index contributed by atoms with van der Waals surface area (Å²) in [6, 6.07) is 14.0. The molecule has 0 spiro atoms. The summed E-state index contributed by atoms with van der Waals surface area (Å²) in [5, 5.41) is 15.8.